The number of aryl methyl sites for hydroxylation is 1. The summed E-state index contributed by atoms with van der Waals surface area (Å²) in [5.41, 5.74) is 3.97. The van der Waals surface area contributed by atoms with Crippen LogP contribution in [0.2, 0.25) is 0 Å². The largest absolute Gasteiger partial charge is 0.378 e. The minimum atomic E-state index is 0.834. The van der Waals surface area contributed by atoms with Crippen molar-refractivity contribution in [2.75, 3.05) is 62.4 Å². The van der Waals surface area contributed by atoms with Crippen molar-refractivity contribution in [3.8, 4) is 0 Å². The molecular formula is C15H22N2O2. The van der Waals surface area contributed by atoms with Crippen LogP contribution in [0.1, 0.15) is 5.56 Å². The van der Waals surface area contributed by atoms with Crippen molar-refractivity contribution in [3.05, 3.63) is 23.8 Å². The molecule has 0 amide bonds. The Kier molecular flexibility index (Phi) is 3.89. The standard InChI is InChI=1S/C15H22N2O2/c1-13-10-14(16-2-6-18-7-3-16)12-15(11-13)17-4-8-19-9-5-17/h10-12H,2-9H2,1H3. The Bertz CT molecular complexity index is 388. The quantitative estimate of drug-likeness (QED) is 0.809. The number of nitrogens with zero attached hydrogens (tertiary/aromatic N) is 2. The van der Waals surface area contributed by atoms with Gasteiger partial charge in [-0.1, -0.05) is 0 Å². The highest BCUT2D eigenvalue weighted by molar-refractivity contribution is 5.62. The molecule has 0 aromatic heterocycles. The molecule has 1 aromatic carbocycles. The third-order valence-electron chi connectivity index (χ3n) is 3.80. The molecule has 0 unspecified atom stereocenters. The molecule has 104 valence electrons. The maximum atomic E-state index is 5.43. The molecule has 0 aliphatic carbocycles. The molecule has 0 saturated carbocycles. The second kappa shape index (κ2) is 5.80. The predicted molar refractivity (Wildman–Crippen MR) is 77.2 cm³/mol. The van der Waals surface area contributed by atoms with Gasteiger partial charge in [-0.3, -0.25) is 0 Å². The summed E-state index contributed by atoms with van der Waals surface area (Å²) in [5.74, 6) is 0. The van der Waals surface area contributed by atoms with Crippen LogP contribution < -0.4 is 9.80 Å². The van der Waals surface area contributed by atoms with Crippen LogP contribution in [0.4, 0.5) is 11.4 Å². The van der Waals surface area contributed by atoms with Gasteiger partial charge in [-0.05, 0) is 30.7 Å². The highest BCUT2D eigenvalue weighted by atomic mass is 16.5. The monoisotopic (exact) mass is 262 g/mol. The Labute approximate surface area is 114 Å². The predicted octanol–water partition coefficient (Wildman–Crippen LogP) is 1.67. The fourth-order valence-corrected chi connectivity index (χ4v) is 2.75. The lowest BCUT2D eigenvalue weighted by Crippen LogP contribution is -2.38. The lowest BCUT2D eigenvalue weighted by molar-refractivity contribution is 0.122. The molecule has 2 saturated heterocycles. The number of anilines is 2. The molecule has 0 atom stereocenters. The number of hydrogen-bond donors (Lipinski definition) is 0. The summed E-state index contributed by atoms with van der Waals surface area (Å²) in [6, 6.07) is 6.86. The summed E-state index contributed by atoms with van der Waals surface area (Å²) in [6.07, 6.45) is 0. The van der Waals surface area contributed by atoms with Gasteiger partial charge >= 0.3 is 0 Å². The molecule has 0 spiro atoms. The average Bonchev–Trinajstić information content (AvgIpc) is 2.48. The second-order valence-corrected chi connectivity index (χ2v) is 5.23. The van der Waals surface area contributed by atoms with Gasteiger partial charge in [0.1, 0.15) is 0 Å². The molecule has 0 radical (unpaired) electrons. The van der Waals surface area contributed by atoms with Crippen LogP contribution in [0, 0.1) is 6.92 Å². The molecule has 2 heterocycles. The van der Waals surface area contributed by atoms with E-state index in [1.807, 2.05) is 0 Å². The van der Waals surface area contributed by atoms with E-state index in [1.165, 1.54) is 16.9 Å². The third-order valence-corrected chi connectivity index (χ3v) is 3.80. The van der Waals surface area contributed by atoms with Gasteiger partial charge in [-0.25, -0.2) is 0 Å². The summed E-state index contributed by atoms with van der Waals surface area (Å²) >= 11 is 0. The highest BCUT2D eigenvalue weighted by Gasteiger charge is 2.15. The van der Waals surface area contributed by atoms with Crippen molar-refractivity contribution < 1.29 is 9.47 Å². The first-order chi connectivity index (χ1) is 9.33. The highest BCUT2D eigenvalue weighted by Crippen LogP contribution is 2.26. The summed E-state index contributed by atoms with van der Waals surface area (Å²) < 4.78 is 10.9. The molecule has 0 N–H and O–H groups in total. The Hall–Kier alpha value is -1.26. The van der Waals surface area contributed by atoms with E-state index in [1.54, 1.807) is 0 Å². The van der Waals surface area contributed by atoms with Crippen LogP contribution in [-0.4, -0.2) is 52.6 Å². The van der Waals surface area contributed by atoms with E-state index in [0.29, 0.717) is 0 Å². The minimum Gasteiger partial charge on any atom is -0.378 e. The Morgan fingerprint density at radius 2 is 1.16 bits per heavy atom. The summed E-state index contributed by atoms with van der Waals surface area (Å²) in [7, 11) is 0. The second-order valence-electron chi connectivity index (χ2n) is 5.23. The molecule has 4 nitrogen and oxygen atoms in total. The number of benzene rings is 1. The van der Waals surface area contributed by atoms with Crippen LogP contribution >= 0.6 is 0 Å². The van der Waals surface area contributed by atoms with E-state index >= 15 is 0 Å². The van der Waals surface area contributed by atoms with Crippen LogP contribution in [-0.2, 0) is 9.47 Å². The molecule has 1 aromatic rings. The molecule has 2 fully saturated rings. The van der Waals surface area contributed by atoms with Crippen molar-refractivity contribution in [1.29, 1.82) is 0 Å². The molecule has 2 aliphatic heterocycles. The van der Waals surface area contributed by atoms with Crippen LogP contribution in [0.3, 0.4) is 0 Å². The van der Waals surface area contributed by atoms with Gasteiger partial charge in [-0.2, -0.15) is 0 Å². The van der Waals surface area contributed by atoms with E-state index in [2.05, 4.69) is 34.9 Å². The van der Waals surface area contributed by atoms with Crippen molar-refractivity contribution in [1.82, 2.24) is 0 Å². The zero-order valence-electron chi connectivity index (χ0n) is 11.6. The van der Waals surface area contributed by atoms with E-state index in [-0.39, 0.29) is 0 Å². The summed E-state index contributed by atoms with van der Waals surface area (Å²) in [6.45, 7) is 9.48. The lowest BCUT2D eigenvalue weighted by atomic mass is 10.1. The maximum Gasteiger partial charge on any atom is 0.0642 e. The first kappa shape index (κ1) is 12.8. The Morgan fingerprint density at radius 3 is 1.58 bits per heavy atom. The first-order valence-corrected chi connectivity index (χ1v) is 7.10. The van der Waals surface area contributed by atoms with E-state index in [9.17, 15) is 0 Å². The third kappa shape index (κ3) is 3.01. The Balaban J connectivity index is 1.82. The molecule has 19 heavy (non-hydrogen) atoms. The van der Waals surface area contributed by atoms with Crippen molar-refractivity contribution >= 4 is 11.4 Å². The fourth-order valence-electron chi connectivity index (χ4n) is 2.75. The van der Waals surface area contributed by atoms with E-state index in [4.69, 9.17) is 9.47 Å². The number of morpholine rings is 2. The molecular weight excluding hydrogens is 240 g/mol. The molecule has 2 aliphatic rings. The first-order valence-electron chi connectivity index (χ1n) is 7.10. The zero-order valence-corrected chi connectivity index (χ0v) is 11.6. The van der Waals surface area contributed by atoms with Crippen LogP contribution in [0.25, 0.3) is 0 Å². The van der Waals surface area contributed by atoms with Gasteiger partial charge in [0, 0.05) is 37.6 Å². The molecule has 3 rings (SSSR count). The molecule has 4 heteroatoms. The van der Waals surface area contributed by atoms with Crippen molar-refractivity contribution in [2.24, 2.45) is 0 Å². The van der Waals surface area contributed by atoms with Gasteiger partial charge < -0.3 is 19.3 Å². The van der Waals surface area contributed by atoms with Gasteiger partial charge in [0.25, 0.3) is 0 Å². The molecule has 0 bridgehead atoms. The van der Waals surface area contributed by atoms with Crippen molar-refractivity contribution in [2.45, 2.75) is 6.92 Å². The zero-order chi connectivity index (χ0) is 13.1. The fraction of sp³-hybridized carbons (Fsp3) is 0.600. The van der Waals surface area contributed by atoms with Gasteiger partial charge in [0.15, 0.2) is 0 Å². The maximum absolute atomic E-state index is 5.43. The average molecular weight is 262 g/mol. The van der Waals surface area contributed by atoms with Gasteiger partial charge in [0.2, 0.25) is 0 Å². The SMILES string of the molecule is Cc1cc(N2CCOCC2)cc(N2CCOCC2)c1. The van der Waals surface area contributed by atoms with Crippen LogP contribution in [0.5, 0.6) is 0 Å². The Morgan fingerprint density at radius 1 is 0.737 bits per heavy atom. The summed E-state index contributed by atoms with van der Waals surface area (Å²) in [5, 5.41) is 0. The van der Waals surface area contributed by atoms with Gasteiger partial charge in [0.05, 0.1) is 26.4 Å². The van der Waals surface area contributed by atoms with Crippen molar-refractivity contribution in [3.63, 3.8) is 0 Å². The number of hydrogen-bond acceptors (Lipinski definition) is 4. The number of ether oxygens (including phenoxy) is 2. The lowest BCUT2D eigenvalue weighted by Gasteiger charge is -2.32. The van der Waals surface area contributed by atoms with Crippen LogP contribution in [0.15, 0.2) is 18.2 Å². The normalized spacial score (nSPS) is 20.7. The topological polar surface area (TPSA) is 24.9 Å². The van der Waals surface area contributed by atoms with E-state index < -0.39 is 0 Å². The smallest absolute Gasteiger partial charge is 0.0642 e. The van der Waals surface area contributed by atoms with E-state index in [0.717, 1.165) is 52.6 Å². The number of rotatable bonds is 2. The van der Waals surface area contributed by atoms with Gasteiger partial charge in [-0.15, -0.1) is 0 Å². The minimum absolute atomic E-state index is 0.834. The summed E-state index contributed by atoms with van der Waals surface area (Å²) in [4.78, 5) is 4.83.